The van der Waals surface area contributed by atoms with E-state index >= 15 is 0 Å². The third kappa shape index (κ3) is 3.34. The monoisotopic (exact) mass is 284 g/mol. The van der Waals surface area contributed by atoms with E-state index in [2.05, 4.69) is 0 Å². The number of hydrogen-bond donors (Lipinski definition) is 0. The van der Waals surface area contributed by atoms with Crippen LogP contribution in [-0.4, -0.2) is 42.2 Å². The van der Waals surface area contributed by atoms with Crippen LogP contribution in [0.5, 0.6) is 0 Å². The molecule has 2 saturated heterocycles. The number of thioether (sulfide) groups is 1. The van der Waals surface area contributed by atoms with E-state index in [4.69, 9.17) is 9.47 Å². The van der Waals surface area contributed by atoms with Crippen molar-refractivity contribution in [2.24, 2.45) is 5.92 Å². The van der Waals surface area contributed by atoms with E-state index in [0.717, 1.165) is 37.7 Å². The Morgan fingerprint density at radius 1 is 1.21 bits per heavy atom. The lowest BCUT2D eigenvalue weighted by Crippen LogP contribution is -2.42. The summed E-state index contributed by atoms with van der Waals surface area (Å²) in [6, 6.07) is 0. The molecule has 3 nitrogen and oxygen atoms in total. The largest absolute Gasteiger partial charge is 0.378 e. The van der Waals surface area contributed by atoms with Gasteiger partial charge in [0.1, 0.15) is 5.78 Å². The van der Waals surface area contributed by atoms with Gasteiger partial charge >= 0.3 is 0 Å². The standard InChI is InChI=1S/C15H24O3S/c16-14(10-19-13-3-1-2-4-13)12-5-7-18-15(9-12)6-8-17-11-15/h12-13H,1-11H2. The molecule has 1 saturated carbocycles. The maximum atomic E-state index is 12.4. The van der Waals surface area contributed by atoms with Gasteiger partial charge in [0.25, 0.3) is 0 Å². The number of ether oxygens (including phenoxy) is 2. The molecule has 1 spiro atoms. The van der Waals surface area contributed by atoms with Crippen molar-refractivity contribution < 1.29 is 14.3 Å². The fourth-order valence-electron chi connectivity index (χ4n) is 3.54. The minimum absolute atomic E-state index is 0.128. The van der Waals surface area contributed by atoms with Crippen molar-refractivity contribution in [1.29, 1.82) is 0 Å². The van der Waals surface area contributed by atoms with E-state index < -0.39 is 0 Å². The van der Waals surface area contributed by atoms with Gasteiger partial charge in [0.15, 0.2) is 0 Å². The van der Waals surface area contributed by atoms with Gasteiger partial charge in [-0.25, -0.2) is 0 Å². The van der Waals surface area contributed by atoms with Crippen LogP contribution in [0.25, 0.3) is 0 Å². The quantitative estimate of drug-likeness (QED) is 0.795. The van der Waals surface area contributed by atoms with Crippen LogP contribution >= 0.6 is 11.8 Å². The van der Waals surface area contributed by atoms with Gasteiger partial charge in [0, 0.05) is 30.8 Å². The SMILES string of the molecule is O=C(CSC1CCCC1)C1CCOC2(CCOC2)C1. The Labute approximate surface area is 119 Å². The Morgan fingerprint density at radius 2 is 2.05 bits per heavy atom. The first-order valence-electron chi connectivity index (χ1n) is 7.63. The van der Waals surface area contributed by atoms with Crippen LogP contribution in [-0.2, 0) is 14.3 Å². The van der Waals surface area contributed by atoms with Crippen molar-refractivity contribution in [3.8, 4) is 0 Å². The highest BCUT2D eigenvalue weighted by Gasteiger charge is 2.42. The first-order valence-corrected chi connectivity index (χ1v) is 8.68. The Hall–Kier alpha value is -0.0600. The Kier molecular flexibility index (Phi) is 4.50. The molecule has 4 heteroatoms. The van der Waals surface area contributed by atoms with Crippen LogP contribution in [0.3, 0.4) is 0 Å². The summed E-state index contributed by atoms with van der Waals surface area (Å²) in [7, 11) is 0. The lowest BCUT2D eigenvalue weighted by Gasteiger charge is -2.36. The molecule has 0 amide bonds. The van der Waals surface area contributed by atoms with Crippen LogP contribution < -0.4 is 0 Å². The molecule has 19 heavy (non-hydrogen) atoms. The number of carbonyl (C=O) groups is 1. The molecule has 3 rings (SSSR count). The van der Waals surface area contributed by atoms with Crippen LogP contribution in [0.2, 0.25) is 0 Å². The van der Waals surface area contributed by atoms with Crippen molar-refractivity contribution in [1.82, 2.24) is 0 Å². The molecule has 2 heterocycles. The van der Waals surface area contributed by atoms with Crippen molar-refractivity contribution >= 4 is 17.5 Å². The second-order valence-corrected chi connectivity index (χ2v) is 7.50. The molecular formula is C15H24O3S. The lowest BCUT2D eigenvalue weighted by atomic mass is 9.83. The summed E-state index contributed by atoms with van der Waals surface area (Å²) >= 11 is 1.90. The minimum atomic E-state index is -0.128. The Balaban J connectivity index is 1.48. The van der Waals surface area contributed by atoms with Gasteiger partial charge in [-0.05, 0) is 25.7 Å². The molecule has 0 aromatic carbocycles. The molecule has 0 aromatic rings. The zero-order chi connectivity index (χ0) is 13.1. The van der Waals surface area contributed by atoms with E-state index in [9.17, 15) is 4.79 Å². The van der Waals surface area contributed by atoms with Gasteiger partial charge in [0.2, 0.25) is 0 Å². The molecule has 108 valence electrons. The van der Waals surface area contributed by atoms with Crippen molar-refractivity contribution in [3.63, 3.8) is 0 Å². The highest BCUT2D eigenvalue weighted by Crippen LogP contribution is 2.37. The average Bonchev–Trinajstić information content (AvgIpc) is 3.08. The molecule has 0 N–H and O–H groups in total. The number of hydrogen-bond acceptors (Lipinski definition) is 4. The summed E-state index contributed by atoms with van der Waals surface area (Å²) in [4.78, 5) is 12.4. The summed E-state index contributed by atoms with van der Waals surface area (Å²) in [5.41, 5.74) is -0.128. The van der Waals surface area contributed by atoms with Crippen molar-refractivity contribution in [3.05, 3.63) is 0 Å². The molecule has 0 bridgehead atoms. The van der Waals surface area contributed by atoms with Crippen LogP contribution in [0.1, 0.15) is 44.9 Å². The van der Waals surface area contributed by atoms with Gasteiger partial charge in [-0.3, -0.25) is 4.79 Å². The predicted molar refractivity (Wildman–Crippen MR) is 76.6 cm³/mol. The first kappa shape index (κ1) is 13.9. The van der Waals surface area contributed by atoms with Crippen LogP contribution in [0.15, 0.2) is 0 Å². The molecule has 2 unspecified atom stereocenters. The highest BCUT2D eigenvalue weighted by molar-refractivity contribution is 8.00. The van der Waals surface area contributed by atoms with E-state index in [1.807, 2.05) is 11.8 Å². The summed E-state index contributed by atoms with van der Waals surface area (Å²) in [5, 5.41) is 0.743. The summed E-state index contributed by atoms with van der Waals surface area (Å²) in [5.74, 6) is 1.38. The molecule has 2 atom stereocenters. The third-order valence-corrected chi connectivity index (χ3v) is 6.17. The van der Waals surface area contributed by atoms with Gasteiger partial charge in [0.05, 0.1) is 18.0 Å². The molecule has 0 aromatic heterocycles. The summed E-state index contributed by atoms with van der Waals surface area (Å²) in [6.45, 7) is 2.21. The second kappa shape index (κ2) is 6.15. The number of carbonyl (C=O) groups excluding carboxylic acids is 1. The molecule has 1 aliphatic carbocycles. The normalized spacial score (nSPS) is 36.1. The van der Waals surface area contributed by atoms with E-state index in [1.54, 1.807) is 0 Å². The molecule has 0 radical (unpaired) electrons. The van der Waals surface area contributed by atoms with E-state index in [0.29, 0.717) is 18.1 Å². The summed E-state index contributed by atoms with van der Waals surface area (Å²) in [6.07, 6.45) is 8.08. The predicted octanol–water partition coefficient (Wildman–Crippen LogP) is 2.82. The smallest absolute Gasteiger partial charge is 0.146 e. The first-order chi connectivity index (χ1) is 9.27. The number of ketones is 1. The van der Waals surface area contributed by atoms with Crippen molar-refractivity contribution in [2.45, 2.75) is 55.8 Å². The average molecular weight is 284 g/mol. The lowest BCUT2D eigenvalue weighted by molar-refractivity contribution is -0.134. The minimum Gasteiger partial charge on any atom is -0.378 e. The van der Waals surface area contributed by atoms with Gasteiger partial charge in [-0.1, -0.05) is 12.8 Å². The fraction of sp³-hybridized carbons (Fsp3) is 0.933. The fourth-order valence-corrected chi connectivity index (χ4v) is 4.84. The molecule has 3 aliphatic rings. The van der Waals surface area contributed by atoms with E-state index in [1.165, 1.54) is 25.7 Å². The highest BCUT2D eigenvalue weighted by atomic mass is 32.2. The second-order valence-electron chi connectivity index (χ2n) is 6.21. The zero-order valence-electron chi connectivity index (χ0n) is 11.6. The molecule has 3 fully saturated rings. The number of rotatable bonds is 4. The van der Waals surface area contributed by atoms with Crippen molar-refractivity contribution in [2.75, 3.05) is 25.6 Å². The summed E-state index contributed by atoms with van der Waals surface area (Å²) < 4.78 is 11.4. The van der Waals surface area contributed by atoms with Gasteiger partial charge in [-0.2, -0.15) is 11.8 Å². The van der Waals surface area contributed by atoms with Gasteiger partial charge < -0.3 is 9.47 Å². The topological polar surface area (TPSA) is 35.5 Å². The zero-order valence-corrected chi connectivity index (χ0v) is 12.4. The van der Waals surface area contributed by atoms with Crippen LogP contribution in [0.4, 0.5) is 0 Å². The molecule has 2 aliphatic heterocycles. The number of Topliss-reactive ketones (excluding diaryl/α,β-unsaturated/α-hetero) is 1. The van der Waals surface area contributed by atoms with Crippen LogP contribution in [0, 0.1) is 5.92 Å². The van der Waals surface area contributed by atoms with Gasteiger partial charge in [-0.15, -0.1) is 0 Å². The Morgan fingerprint density at radius 3 is 2.79 bits per heavy atom. The maximum absolute atomic E-state index is 12.4. The third-order valence-electron chi connectivity index (χ3n) is 4.78. The van der Waals surface area contributed by atoms with E-state index in [-0.39, 0.29) is 11.5 Å². The molecular weight excluding hydrogens is 260 g/mol. The maximum Gasteiger partial charge on any atom is 0.146 e. The Bertz CT molecular complexity index is 319.